The van der Waals surface area contributed by atoms with Crippen molar-refractivity contribution >= 4 is 0 Å². The highest BCUT2D eigenvalue weighted by Gasteiger charge is 2.50. The molecule has 0 bridgehead atoms. The fourth-order valence-corrected chi connectivity index (χ4v) is 7.68. The van der Waals surface area contributed by atoms with Crippen LogP contribution < -0.4 is 0 Å². The van der Waals surface area contributed by atoms with Crippen molar-refractivity contribution in [1.82, 2.24) is 4.90 Å². The molecule has 3 atom stereocenters. The molecule has 0 aromatic rings. The highest BCUT2D eigenvalue weighted by atomic mass is 16.8. The molecule has 0 amide bonds. The Labute approximate surface area is 300 Å². The quantitative estimate of drug-likeness (QED) is 0.0526. The third-order valence-corrected chi connectivity index (χ3v) is 10.4. The molecule has 2 fully saturated rings. The largest absolute Gasteiger partial charge is 0.344 e. The smallest absolute Gasteiger partial charge is 0.169 e. The standard InChI is InChI=1S/C45H81NO2/c1-5-7-9-11-13-15-17-19-21-23-25-27-29-31-33-35-37-45(47-43-39-42(41-46(3)4)40-44(43)48-45)38-36-34-32-30-28-26-24-22-20-18-16-14-12-10-8-6-2/h13-16,19-22,42-44H,5-12,17-18,23-41H2,1-4H3/b15-13-,16-14-,21-19-,22-20-/t42-,43-,44?/m0/s1. The molecule has 48 heavy (non-hydrogen) atoms. The SMILES string of the molecule is CCCCC/C=C\C/C=C\CCCCCCCCC1(CCCCCCCC/C=C\C/C=C\CCCCC)OC2C[C@@H](CN(C)C)C[C@@H]2O1. The molecular weight excluding hydrogens is 587 g/mol. The van der Waals surface area contributed by atoms with Crippen LogP contribution in [0.25, 0.3) is 0 Å². The van der Waals surface area contributed by atoms with Crippen LogP contribution in [0.15, 0.2) is 48.6 Å². The summed E-state index contributed by atoms with van der Waals surface area (Å²) in [6, 6.07) is 0. The molecule has 0 N–H and O–H groups in total. The van der Waals surface area contributed by atoms with Crippen molar-refractivity contribution in [3.05, 3.63) is 48.6 Å². The maximum Gasteiger partial charge on any atom is 0.169 e. The molecule has 1 saturated carbocycles. The zero-order valence-corrected chi connectivity index (χ0v) is 32.6. The first-order valence-electron chi connectivity index (χ1n) is 21.2. The van der Waals surface area contributed by atoms with Crippen LogP contribution in [-0.2, 0) is 9.47 Å². The van der Waals surface area contributed by atoms with Gasteiger partial charge in [0, 0.05) is 19.4 Å². The van der Waals surface area contributed by atoms with Crippen molar-refractivity contribution in [3.8, 4) is 0 Å². The summed E-state index contributed by atoms with van der Waals surface area (Å²) >= 11 is 0. The molecule has 1 unspecified atom stereocenters. The Bertz CT molecular complexity index is 778. The number of hydrogen-bond acceptors (Lipinski definition) is 3. The number of hydrogen-bond donors (Lipinski definition) is 0. The Kier molecular flexibility index (Phi) is 26.5. The average molecular weight is 668 g/mol. The topological polar surface area (TPSA) is 21.7 Å². The van der Waals surface area contributed by atoms with Crippen LogP contribution in [0.3, 0.4) is 0 Å². The van der Waals surface area contributed by atoms with E-state index in [2.05, 4.69) is 81.5 Å². The number of rotatable bonds is 32. The van der Waals surface area contributed by atoms with Gasteiger partial charge in [0.2, 0.25) is 0 Å². The van der Waals surface area contributed by atoms with Crippen LogP contribution in [-0.4, -0.2) is 43.5 Å². The van der Waals surface area contributed by atoms with Crippen LogP contribution >= 0.6 is 0 Å². The number of ether oxygens (including phenoxy) is 2. The summed E-state index contributed by atoms with van der Waals surface area (Å²) in [7, 11) is 4.38. The van der Waals surface area contributed by atoms with Gasteiger partial charge in [-0.2, -0.15) is 0 Å². The third-order valence-electron chi connectivity index (χ3n) is 10.4. The summed E-state index contributed by atoms with van der Waals surface area (Å²) in [5.41, 5.74) is 0. The maximum absolute atomic E-state index is 6.87. The lowest BCUT2D eigenvalue weighted by Crippen LogP contribution is -2.33. The second-order valence-electron chi connectivity index (χ2n) is 15.5. The summed E-state index contributed by atoms with van der Waals surface area (Å²) in [5.74, 6) is 0.417. The first kappa shape index (κ1) is 43.0. The van der Waals surface area contributed by atoms with Crippen molar-refractivity contribution in [2.24, 2.45) is 5.92 Å². The van der Waals surface area contributed by atoms with Crippen LogP contribution in [0.2, 0.25) is 0 Å². The van der Waals surface area contributed by atoms with Gasteiger partial charge in [-0.1, -0.05) is 140 Å². The van der Waals surface area contributed by atoms with Gasteiger partial charge in [-0.05, 0) is 110 Å². The van der Waals surface area contributed by atoms with E-state index < -0.39 is 0 Å². The van der Waals surface area contributed by atoms with Gasteiger partial charge in [-0.25, -0.2) is 0 Å². The Morgan fingerprint density at radius 2 is 0.833 bits per heavy atom. The molecule has 0 radical (unpaired) electrons. The van der Waals surface area contributed by atoms with Gasteiger partial charge >= 0.3 is 0 Å². The van der Waals surface area contributed by atoms with Gasteiger partial charge < -0.3 is 14.4 Å². The number of fused-ring (bicyclic) bond motifs is 1. The minimum atomic E-state index is -0.303. The summed E-state index contributed by atoms with van der Waals surface area (Å²) in [6.07, 6.45) is 55.2. The zero-order chi connectivity index (χ0) is 34.4. The first-order chi connectivity index (χ1) is 23.6. The van der Waals surface area contributed by atoms with E-state index >= 15 is 0 Å². The van der Waals surface area contributed by atoms with Gasteiger partial charge in [-0.3, -0.25) is 0 Å². The fraction of sp³-hybridized carbons (Fsp3) is 0.822. The minimum Gasteiger partial charge on any atom is -0.344 e. The lowest BCUT2D eigenvalue weighted by Gasteiger charge is -2.30. The molecule has 1 aliphatic heterocycles. The number of unbranched alkanes of at least 4 members (excludes halogenated alkanes) is 18. The van der Waals surface area contributed by atoms with Gasteiger partial charge in [0.05, 0.1) is 12.2 Å². The lowest BCUT2D eigenvalue weighted by molar-refractivity contribution is -0.193. The van der Waals surface area contributed by atoms with Crippen LogP contribution in [0.1, 0.15) is 194 Å². The zero-order valence-electron chi connectivity index (χ0n) is 32.6. The molecule has 3 heteroatoms. The van der Waals surface area contributed by atoms with Crippen molar-refractivity contribution in [1.29, 1.82) is 0 Å². The minimum absolute atomic E-state index is 0.303. The summed E-state index contributed by atoms with van der Waals surface area (Å²) in [6.45, 7) is 5.70. The van der Waals surface area contributed by atoms with Gasteiger partial charge in [-0.15, -0.1) is 0 Å². The Morgan fingerprint density at radius 1 is 0.479 bits per heavy atom. The van der Waals surface area contributed by atoms with E-state index in [1.165, 1.54) is 154 Å². The van der Waals surface area contributed by atoms with E-state index in [0.717, 1.165) is 38.1 Å². The molecule has 1 heterocycles. The van der Waals surface area contributed by atoms with Crippen molar-refractivity contribution in [2.45, 2.75) is 212 Å². The summed E-state index contributed by atoms with van der Waals surface area (Å²) in [5, 5.41) is 0. The predicted octanol–water partition coefficient (Wildman–Crippen LogP) is 13.8. The average Bonchev–Trinajstić information content (AvgIpc) is 3.59. The van der Waals surface area contributed by atoms with Crippen LogP contribution in [0.4, 0.5) is 0 Å². The van der Waals surface area contributed by atoms with Crippen molar-refractivity contribution < 1.29 is 9.47 Å². The monoisotopic (exact) mass is 668 g/mol. The predicted molar refractivity (Wildman–Crippen MR) is 212 cm³/mol. The summed E-state index contributed by atoms with van der Waals surface area (Å²) < 4.78 is 13.7. The third kappa shape index (κ3) is 21.8. The van der Waals surface area contributed by atoms with Crippen LogP contribution in [0.5, 0.6) is 0 Å². The van der Waals surface area contributed by atoms with Crippen molar-refractivity contribution in [2.75, 3.05) is 20.6 Å². The van der Waals surface area contributed by atoms with Gasteiger partial charge in [0.25, 0.3) is 0 Å². The van der Waals surface area contributed by atoms with Gasteiger partial charge in [0.15, 0.2) is 5.79 Å². The lowest BCUT2D eigenvalue weighted by atomic mass is 9.98. The molecule has 3 nitrogen and oxygen atoms in total. The Morgan fingerprint density at radius 3 is 1.21 bits per heavy atom. The highest BCUT2D eigenvalue weighted by Crippen LogP contribution is 2.45. The number of allylic oxidation sites excluding steroid dienone is 8. The first-order valence-corrected chi connectivity index (χ1v) is 21.2. The molecular formula is C45H81NO2. The van der Waals surface area contributed by atoms with E-state index in [1.807, 2.05) is 0 Å². The maximum atomic E-state index is 6.87. The fourth-order valence-electron chi connectivity index (χ4n) is 7.68. The molecule has 2 aliphatic rings. The second-order valence-corrected chi connectivity index (χ2v) is 15.5. The van der Waals surface area contributed by atoms with E-state index in [1.54, 1.807) is 0 Å². The molecule has 278 valence electrons. The van der Waals surface area contributed by atoms with E-state index in [4.69, 9.17) is 9.47 Å². The van der Waals surface area contributed by atoms with E-state index in [9.17, 15) is 0 Å². The Hall–Kier alpha value is -1.16. The molecule has 0 spiro atoms. The molecule has 1 saturated heterocycles. The Balaban J connectivity index is 1.57. The molecule has 0 aromatic heterocycles. The summed E-state index contributed by atoms with van der Waals surface area (Å²) in [4.78, 5) is 2.33. The van der Waals surface area contributed by atoms with Crippen LogP contribution in [0, 0.1) is 5.92 Å². The normalized spacial score (nSPS) is 21.0. The molecule has 2 rings (SSSR count). The molecule has 1 aliphatic carbocycles. The highest BCUT2D eigenvalue weighted by molar-refractivity contribution is 4.95. The van der Waals surface area contributed by atoms with E-state index in [-0.39, 0.29) is 5.79 Å². The van der Waals surface area contributed by atoms with Gasteiger partial charge in [0.1, 0.15) is 0 Å². The van der Waals surface area contributed by atoms with E-state index in [0.29, 0.717) is 12.2 Å². The second kappa shape index (κ2) is 29.6. The van der Waals surface area contributed by atoms with Crippen molar-refractivity contribution in [3.63, 3.8) is 0 Å². The number of nitrogens with zero attached hydrogens (tertiary/aromatic N) is 1. The molecule has 0 aromatic carbocycles.